The molecule has 1 aromatic rings. The number of halogens is 1. The molecule has 0 saturated carbocycles. The van der Waals surface area contributed by atoms with Gasteiger partial charge >= 0.3 is 5.97 Å². The summed E-state index contributed by atoms with van der Waals surface area (Å²) in [5.74, 6) is -0.542. The highest BCUT2D eigenvalue weighted by Crippen LogP contribution is 2.21. The minimum Gasteiger partial charge on any atom is -0.462 e. The molecule has 0 aliphatic rings. The molecule has 0 radical (unpaired) electrons. The first-order valence-electron chi connectivity index (χ1n) is 6.22. The predicted octanol–water partition coefficient (Wildman–Crippen LogP) is 3.52. The number of carbonyl (C=O) groups excluding carboxylic acids is 1. The number of aryl methyl sites for hydroxylation is 1. The molecular weight excluding hydrogens is 300 g/mol. The van der Waals surface area contributed by atoms with Crippen molar-refractivity contribution in [1.82, 2.24) is 0 Å². The summed E-state index contributed by atoms with van der Waals surface area (Å²) in [4.78, 5) is 11.8. The van der Waals surface area contributed by atoms with Crippen molar-refractivity contribution in [2.45, 2.75) is 39.0 Å². The summed E-state index contributed by atoms with van der Waals surface area (Å²) in [6, 6.07) is 4.22. The number of esters is 1. The van der Waals surface area contributed by atoms with Crippen molar-refractivity contribution in [2.24, 2.45) is 5.41 Å². The standard InChI is InChI=1S/C14H19ClO4S/c1-10-7-11(9-12(8-10)20(15,17)18)13(16)19-6-5-14(2,3)4/h7-9H,5-6H2,1-4H3. The average Bonchev–Trinajstić information content (AvgIpc) is 2.25. The van der Waals surface area contributed by atoms with Crippen molar-refractivity contribution >= 4 is 25.7 Å². The lowest BCUT2D eigenvalue weighted by atomic mass is 9.93. The fraction of sp³-hybridized carbons (Fsp3) is 0.500. The second kappa shape index (κ2) is 6.14. The number of benzene rings is 1. The fourth-order valence-corrected chi connectivity index (χ4v) is 2.40. The zero-order valence-electron chi connectivity index (χ0n) is 12.1. The van der Waals surface area contributed by atoms with E-state index in [9.17, 15) is 13.2 Å². The Bertz CT molecular complexity index is 600. The van der Waals surface area contributed by atoms with Gasteiger partial charge in [-0.2, -0.15) is 0 Å². The minimum atomic E-state index is -3.86. The molecule has 0 aliphatic heterocycles. The number of carbonyl (C=O) groups is 1. The summed E-state index contributed by atoms with van der Waals surface area (Å²) in [6.07, 6.45) is 0.727. The van der Waals surface area contributed by atoms with Crippen molar-refractivity contribution in [1.29, 1.82) is 0 Å². The van der Waals surface area contributed by atoms with Gasteiger partial charge in [0.25, 0.3) is 9.05 Å². The molecular formula is C14H19ClO4S. The van der Waals surface area contributed by atoms with Crippen LogP contribution >= 0.6 is 10.7 Å². The lowest BCUT2D eigenvalue weighted by molar-refractivity contribution is 0.0464. The molecule has 0 heterocycles. The zero-order valence-corrected chi connectivity index (χ0v) is 13.6. The maximum atomic E-state index is 11.9. The van der Waals surface area contributed by atoms with Crippen molar-refractivity contribution in [3.8, 4) is 0 Å². The molecule has 0 N–H and O–H groups in total. The van der Waals surface area contributed by atoms with E-state index in [1.807, 2.05) is 20.8 Å². The average molecular weight is 319 g/mol. The Morgan fingerprint density at radius 1 is 1.25 bits per heavy atom. The number of rotatable bonds is 4. The van der Waals surface area contributed by atoms with Crippen LogP contribution in [-0.4, -0.2) is 21.0 Å². The summed E-state index contributed by atoms with van der Waals surface area (Å²) >= 11 is 0. The highest BCUT2D eigenvalue weighted by molar-refractivity contribution is 8.13. The third-order valence-corrected chi connectivity index (χ3v) is 3.99. The number of ether oxygens (including phenoxy) is 1. The quantitative estimate of drug-likeness (QED) is 0.629. The predicted molar refractivity (Wildman–Crippen MR) is 78.6 cm³/mol. The third-order valence-electron chi connectivity index (χ3n) is 2.65. The molecule has 0 unspecified atom stereocenters. The van der Waals surface area contributed by atoms with Crippen LogP contribution in [0.3, 0.4) is 0 Å². The Labute approximate surface area is 124 Å². The van der Waals surface area contributed by atoms with Crippen molar-refractivity contribution in [3.63, 3.8) is 0 Å². The third kappa shape index (κ3) is 5.51. The number of hydrogen-bond donors (Lipinski definition) is 0. The van der Waals surface area contributed by atoms with Crippen LogP contribution in [0.15, 0.2) is 23.1 Å². The van der Waals surface area contributed by atoms with E-state index < -0.39 is 15.0 Å². The van der Waals surface area contributed by atoms with E-state index in [2.05, 4.69) is 0 Å². The Kier molecular flexibility index (Phi) is 5.21. The van der Waals surface area contributed by atoms with Crippen LogP contribution in [0.1, 0.15) is 43.1 Å². The summed E-state index contributed by atoms with van der Waals surface area (Å²) in [5, 5.41) is 0. The van der Waals surface area contributed by atoms with E-state index in [4.69, 9.17) is 15.4 Å². The Balaban J connectivity index is 2.86. The van der Waals surface area contributed by atoms with Gasteiger partial charge in [0, 0.05) is 10.7 Å². The lowest BCUT2D eigenvalue weighted by Crippen LogP contribution is -2.13. The molecule has 0 aromatic heterocycles. The molecule has 20 heavy (non-hydrogen) atoms. The van der Waals surface area contributed by atoms with Gasteiger partial charge in [0.15, 0.2) is 0 Å². The molecule has 0 saturated heterocycles. The van der Waals surface area contributed by atoms with Crippen molar-refractivity contribution in [2.75, 3.05) is 6.61 Å². The number of hydrogen-bond acceptors (Lipinski definition) is 4. The largest absolute Gasteiger partial charge is 0.462 e. The summed E-state index contributed by atoms with van der Waals surface area (Å²) in [6.45, 7) is 8.12. The van der Waals surface area contributed by atoms with Gasteiger partial charge in [-0.3, -0.25) is 0 Å². The second-order valence-electron chi connectivity index (χ2n) is 5.92. The first-order valence-corrected chi connectivity index (χ1v) is 8.53. The van der Waals surface area contributed by atoms with Gasteiger partial charge in [0.2, 0.25) is 0 Å². The molecule has 0 aliphatic carbocycles. The van der Waals surface area contributed by atoms with Crippen LogP contribution in [0.2, 0.25) is 0 Å². The molecule has 6 heteroatoms. The monoisotopic (exact) mass is 318 g/mol. The Morgan fingerprint density at radius 3 is 2.35 bits per heavy atom. The van der Waals surface area contributed by atoms with Gasteiger partial charge in [-0.1, -0.05) is 20.8 Å². The van der Waals surface area contributed by atoms with E-state index in [1.165, 1.54) is 12.1 Å². The van der Waals surface area contributed by atoms with Crippen LogP contribution in [-0.2, 0) is 13.8 Å². The van der Waals surface area contributed by atoms with Crippen molar-refractivity contribution < 1.29 is 17.9 Å². The Morgan fingerprint density at radius 2 is 1.85 bits per heavy atom. The molecule has 4 nitrogen and oxygen atoms in total. The second-order valence-corrected chi connectivity index (χ2v) is 8.49. The minimum absolute atomic E-state index is 0.0670. The maximum absolute atomic E-state index is 11.9. The smallest absolute Gasteiger partial charge is 0.338 e. The molecule has 0 spiro atoms. The van der Waals surface area contributed by atoms with Crippen LogP contribution < -0.4 is 0 Å². The van der Waals surface area contributed by atoms with E-state index in [0.717, 1.165) is 6.42 Å². The van der Waals surface area contributed by atoms with Crippen LogP contribution in [0, 0.1) is 12.3 Å². The van der Waals surface area contributed by atoms with Crippen LogP contribution in [0.25, 0.3) is 0 Å². The summed E-state index contributed by atoms with van der Waals surface area (Å²) in [7, 11) is 1.43. The Hall–Kier alpha value is -1.07. The van der Waals surface area contributed by atoms with Crippen LogP contribution in [0.4, 0.5) is 0 Å². The SMILES string of the molecule is Cc1cc(C(=O)OCCC(C)(C)C)cc(S(=O)(=O)Cl)c1. The van der Waals surface area contributed by atoms with Gasteiger partial charge in [-0.15, -0.1) is 0 Å². The maximum Gasteiger partial charge on any atom is 0.338 e. The van der Waals surface area contributed by atoms with Crippen LogP contribution in [0.5, 0.6) is 0 Å². The van der Waals surface area contributed by atoms with Gasteiger partial charge < -0.3 is 4.74 Å². The topological polar surface area (TPSA) is 60.4 Å². The molecule has 0 atom stereocenters. The van der Waals surface area contributed by atoms with E-state index >= 15 is 0 Å². The van der Waals surface area contributed by atoms with E-state index in [-0.39, 0.29) is 15.9 Å². The highest BCUT2D eigenvalue weighted by atomic mass is 35.7. The van der Waals surface area contributed by atoms with Gasteiger partial charge in [-0.05, 0) is 42.5 Å². The van der Waals surface area contributed by atoms with E-state index in [0.29, 0.717) is 12.2 Å². The first-order chi connectivity index (χ1) is 8.99. The fourth-order valence-electron chi connectivity index (χ4n) is 1.54. The van der Waals surface area contributed by atoms with E-state index in [1.54, 1.807) is 13.0 Å². The summed E-state index contributed by atoms with van der Waals surface area (Å²) < 4.78 is 27.8. The normalized spacial score (nSPS) is 12.2. The van der Waals surface area contributed by atoms with Gasteiger partial charge in [0.1, 0.15) is 0 Å². The molecule has 0 amide bonds. The van der Waals surface area contributed by atoms with Crippen molar-refractivity contribution in [3.05, 3.63) is 29.3 Å². The highest BCUT2D eigenvalue weighted by Gasteiger charge is 2.17. The molecule has 112 valence electrons. The van der Waals surface area contributed by atoms with Gasteiger partial charge in [0.05, 0.1) is 17.1 Å². The molecule has 0 fully saturated rings. The molecule has 1 rings (SSSR count). The molecule has 1 aromatic carbocycles. The molecule has 0 bridgehead atoms. The lowest BCUT2D eigenvalue weighted by Gasteiger charge is -2.17. The summed E-state index contributed by atoms with van der Waals surface area (Å²) in [5.41, 5.74) is 0.893. The van der Waals surface area contributed by atoms with Gasteiger partial charge in [-0.25, -0.2) is 13.2 Å². The first kappa shape index (κ1) is 17.0. The zero-order chi connectivity index (χ0) is 15.6.